The average molecular weight is 288 g/mol. The van der Waals surface area contributed by atoms with E-state index < -0.39 is 17.9 Å². The van der Waals surface area contributed by atoms with Gasteiger partial charge in [0.25, 0.3) is 0 Å². The van der Waals surface area contributed by atoms with Crippen molar-refractivity contribution in [1.82, 2.24) is 0 Å². The van der Waals surface area contributed by atoms with Gasteiger partial charge in [-0.3, -0.25) is 9.59 Å². The number of carbonyl (C=O) groups is 2. The maximum Gasteiger partial charge on any atom is 0.241 e. The molecule has 0 spiro atoms. The first-order valence-electron chi connectivity index (χ1n) is 5.60. The zero-order valence-electron chi connectivity index (χ0n) is 10.6. The average Bonchev–Trinajstić information content (AvgIpc) is 2.31. The molecule has 0 aromatic heterocycles. The van der Waals surface area contributed by atoms with Crippen molar-refractivity contribution >= 4 is 29.9 Å². The Morgan fingerprint density at radius 2 is 1.89 bits per heavy atom. The van der Waals surface area contributed by atoms with E-state index in [4.69, 9.17) is 16.2 Å². The van der Waals surface area contributed by atoms with Crippen LogP contribution in [0.15, 0.2) is 24.3 Å². The number of carbonyl (C=O) groups excluding carboxylic acids is 2. The molecule has 6 nitrogen and oxygen atoms in total. The third-order valence-corrected chi connectivity index (χ3v) is 2.19. The first kappa shape index (κ1) is 17.2. The molecule has 5 N–H and O–H groups in total. The predicted octanol–water partition coefficient (Wildman–Crippen LogP) is 0.648. The second-order valence-corrected chi connectivity index (χ2v) is 3.72. The third-order valence-electron chi connectivity index (χ3n) is 2.19. The van der Waals surface area contributed by atoms with E-state index in [1.165, 1.54) is 0 Å². The SMILES string of the molecule is CCOc1ccc(NC(=O)C(N)CC(N)=O)cc1.Cl. The highest BCUT2D eigenvalue weighted by atomic mass is 35.5. The molecule has 0 aliphatic carbocycles. The topological polar surface area (TPSA) is 107 Å². The van der Waals surface area contributed by atoms with Crippen molar-refractivity contribution in [3.8, 4) is 5.75 Å². The van der Waals surface area contributed by atoms with E-state index in [1.54, 1.807) is 24.3 Å². The number of halogens is 1. The number of nitrogens with two attached hydrogens (primary N) is 2. The summed E-state index contributed by atoms with van der Waals surface area (Å²) in [5.74, 6) is -0.334. The summed E-state index contributed by atoms with van der Waals surface area (Å²) in [6.45, 7) is 2.47. The molecule has 0 saturated heterocycles. The molecule has 0 aliphatic heterocycles. The van der Waals surface area contributed by atoms with Gasteiger partial charge in [0.05, 0.1) is 19.1 Å². The van der Waals surface area contributed by atoms with Gasteiger partial charge in [-0.05, 0) is 31.2 Å². The summed E-state index contributed by atoms with van der Waals surface area (Å²) in [6.07, 6.45) is -0.178. The second kappa shape index (κ2) is 8.34. The number of anilines is 1. The Morgan fingerprint density at radius 3 is 2.37 bits per heavy atom. The fraction of sp³-hybridized carbons (Fsp3) is 0.333. The number of benzene rings is 1. The molecule has 1 aromatic rings. The van der Waals surface area contributed by atoms with Gasteiger partial charge in [-0.25, -0.2) is 0 Å². The van der Waals surface area contributed by atoms with E-state index in [0.717, 1.165) is 5.75 Å². The standard InChI is InChI=1S/C12H17N3O3.ClH/c1-2-18-9-5-3-8(4-6-9)15-12(17)10(13)7-11(14)16;/h3-6,10H,2,7,13H2,1H3,(H2,14,16)(H,15,17);1H. The van der Waals surface area contributed by atoms with Crippen LogP contribution < -0.4 is 21.5 Å². The van der Waals surface area contributed by atoms with Crippen molar-refractivity contribution in [2.75, 3.05) is 11.9 Å². The number of ether oxygens (including phenoxy) is 1. The Kier molecular flexibility index (Phi) is 7.55. The van der Waals surface area contributed by atoms with Crippen molar-refractivity contribution < 1.29 is 14.3 Å². The van der Waals surface area contributed by atoms with Crippen LogP contribution in [0, 0.1) is 0 Å². The molecule has 1 unspecified atom stereocenters. The lowest BCUT2D eigenvalue weighted by Crippen LogP contribution is -2.38. The van der Waals surface area contributed by atoms with E-state index in [2.05, 4.69) is 5.32 Å². The molecule has 7 heteroatoms. The maximum atomic E-state index is 11.6. The molecule has 2 amide bonds. The Hall–Kier alpha value is -1.79. The number of nitrogens with one attached hydrogen (secondary N) is 1. The van der Waals surface area contributed by atoms with Crippen molar-refractivity contribution in [2.45, 2.75) is 19.4 Å². The van der Waals surface area contributed by atoms with Crippen LogP contribution in [-0.2, 0) is 9.59 Å². The normalized spacial score (nSPS) is 11.1. The minimum Gasteiger partial charge on any atom is -0.494 e. The molecule has 1 rings (SSSR count). The van der Waals surface area contributed by atoms with Gasteiger partial charge in [0, 0.05) is 5.69 Å². The Balaban J connectivity index is 0.00000324. The summed E-state index contributed by atoms with van der Waals surface area (Å²) in [7, 11) is 0. The van der Waals surface area contributed by atoms with Crippen LogP contribution in [0.1, 0.15) is 13.3 Å². The van der Waals surface area contributed by atoms with E-state index >= 15 is 0 Å². The highest BCUT2D eigenvalue weighted by molar-refractivity contribution is 5.97. The van der Waals surface area contributed by atoms with Crippen LogP contribution in [0.3, 0.4) is 0 Å². The molecule has 0 aliphatic rings. The lowest BCUT2D eigenvalue weighted by molar-refractivity contribution is -0.123. The number of hydrogen-bond donors (Lipinski definition) is 3. The van der Waals surface area contributed by atoms with Crippen molar-refractivity contribution in [3.05, 3.63) is 24.3 Å². The zero-order chi connectivity index (χ0) is 13.5. The minimum absolute atomic E-state index is 0. The fourth-order valence-electron chi connectivity index (χ4n) is 1.35. The van der Waals surface area contributed by atoms with Gasteiger partial charge >= 0.3 is 0 Å². The lowest BCUT2D eigenvalue weighted by Gasteiger charge is -2.11. The Bertz CT molecular complexity index is 423. The highest BCUT2D eigenvalue weighted by Gasteiger charge is 2.15. The van der Waals surface area contributed by atoms with Crippen molar-refractivity contribution in [2.24, 2.45) is 11.5 Å². The van der Waals surface area contributed by atoms with Crippen LogP contribution in [0.25, 0.3) is 0 Å². The molecule has 106 valence electrons. The highest BCUT2D eigenvalue weighted by Crippen LogP contribution is 2.15. The van der Waals surface area contributed by atoms with Crippen LogP contribution >= 0.6 is 12.4 Å². The summed E-state index contributed by atoms with van der Waals surface area (Å²) < 4.78 is 5.27. The molecular weight excluding hydrogens is 270 g/mol. The van der Waals surface area contributed by atoms with E-state index in [-0.39, 0.29) is 18.8 Å². The van der Waals surface area contributed by atoms with Gasteiger partial charge in [-0.2, -0.15) is 0 Å². The fourth-order valence-corrected chi connectivity index (χ4v) is 1.35. The molecule has 0 heterocycles. The van der Waals surface area contributed by atoms with E-state index in [0.29, 0.717) is 12.3 Å². The van der Waals surface area contributed by atoms with Gasteiger partial charge in [0.2, 0.25) is 11.8 Å². The molecule has 0 bridgehead atoms. The second-order valence-electron chi connectivity index (χ2n) is 3.72. The zero-order valence-corrected chi connectivity index (χ0v) is 11.4. The molecule has 0 fully saturated rings. The summed E-state index contributed by atoms with van der Waals surface area (Å²) in [6, 6.07) is 5.92. The predicted molar refractivity (Wildman–Crippen MR) is 75.3 cm³/mol. The molecule has 1 atom stereocenters. The summed E-state index contributed by atoms with van der Waals surface area (Å²) >= 11 is 0. The first-order valence-corrected chi connectivity index (χ1v) is 5.60. The summed E-state index contributed by atoms with van der Waals surface area (Å²) in [5.41, 5.74) is 11.1. The van der Waals surface area contributed by atoms with Gasteiger partial charge in [0.15, 0.2) is 0 Å². The number of hydrogen-bond acceptors (Lipinski definition) is 4. The largest absolute Gasteiger partial charge is 0.494 e. The van der Waals surface area contributed by atoms with Gasteiger partial charge < -0.3 is 21.5 Å². The van der Waals surface area contributed by atoms with Crippen molar-refractivity contribution in [3.63, 3.8) is 0 Å². The summed E-state index contributed by atoms with van der Waals surface area (Å²) in [5, 5.41) is 2.59. The minimum atomic E-state index is -0.936. The quantitative estimate of drug-likeness (QED) is 0.714. The number of rotatable bonds is 6. The smallest absolute Gasteiger partial charge is 0.241 e. The molecule has 0 radical (unpaired) electrons. The van der Waals surface area contributed by atoms with Gasteiger partial charge in [0.1, 0.15) is 5.75 Å². The van der Waals surface area contributed by atoms with E-state index in [1.807, 2.05) is 6.92 Å². The van der Waals surface area contributed by atoms with Crippen molar-refractivity contribution in [1.29, 1.82) is 0 Å². The Labute approximate surface area is 117 Å². The van der Waals surface area contributed by atoms with E-state index in [9.17, 15) is 9.59 Å². The third kappa shape index (κ3) is 6.08. The number of primary amides is 1. The van der Waals surface area contributed by atoms with Gasteiger partial charge in [-0.15, -0.1) is 12.4 Å². The van der Waals surface area contributed by atoms with Gasteiger partial charge in [-0.1, -0.05) is 0 Å². The lowest BCUT2D eigenvalue weighted by atomic mass is 10.2. The van der Waals surface area contributed by atoms with Crippen LogP contribution in [-0.4, -0.2) is 24.5 Å². The van der Waals surface area contributed by atoms with Crippen LogP contribution in [0.4, 0.5) is 5.69 Å². The summed E-state index contributed by atoms with van der Waals surface area (Å²) in [4.78, 5) is 22.2. The number of amides is 2. The molecular formula is C12H18ClN3O3. The van der Waals surface area contributed by atoms with Crippen LogP contribution in [0.2, 0.25) is 0 Å². The van der Waals surface area contributed by atoms with Crippen LogP contribution in [0.5, 0.6) is 5.75 Å². The molecule has 1 aromatic carbocycles. The molecule has 0 saturated carbocycles. The Morgan fingerprint density at radius 1 is 1.32 bits per heavy atom. The maximum absolute atomic E-state index is 11.6. The first-order chi connectivity index (χ1) is 8.52. The monoisotopic (exact) mass is 287 g/mol. The molecule has 19 heavy (non-hydrogen) atoms.